The Morgan fingerprint density at radius 3 is 2.41 bits per heavy atom. The highest BCUT2D eigenvalue weighted by atomic mass is 35.5. The molecule has 29 heavy (non-hydrogen) atoms. The zero-order valence-electron chi connectivity index (χ0n) is 16.9. The van der Waals surface area contributed by atoms with Crippen molar-refractivity contribution in [2.24, 2.45) is 0 Å². The van der Waals surface area contributed by atoms with E-state index in [9.17, 15) is 9.59 Å². The van der Waals surface area contributed by atoms with Crippen molar-refractivity contribution in [3.8, 4) is 0 Å². The predicted molar refractivity (Wildman–Crippen MR) is 113 cm³/mol. The number of rotatable bonds is 3. The van der Waals surface area contributed by atoms with Gasteiger partial charge in [0.1, 0.15) is 6.10 Å². The number of benzene rings is 1. The number of allylic oxidation sites excluding steroid dienone is 3. The molecule has 0 saturated heterocycles. The molecule has 0 unspecified atom stereocenters. The summed E-state index contributed by atoms with van der Waals surface area (Å²) >= 11 is 6.09. The fourth-order valence-corrected chi connectivity index (χ4v) is 4.94. The summed E-state index contributed by atoms with van der Waals surface area (Å²) in [5.41, 5.74) is 3.93. The number of nitrogens with one attached hydrogen (secondary N) is 1. The molecule has 1 saturated carbocycles. The van der Waals surface area contributed by atoms with Gasteiger partial charge in [0.05, 0.1) is 5.57 Å². The molecule has 3 aliphatic rings. The Kier molecular flexibility index (Phi) is 6.09. The van der Waals surface area contributed by atoms with E-state index < -0.39 is 5.92 Å². The average Bonchev–Trinajstić information content (AvgIpc) is 2.96. The average molecular weight is 414 g/mol. The molecule has 0 aromatic heterocycles. The number of carbonyl (C=O) groups is 2. The van der Waals surface area contributed by atoms with E-state index in [2.05, 4.69) is 5.32 Å². The van der Waals surface area contributed by atoms with Crippen LogP contribution < -0.4 is 5.32 Å². The molecule has 1 heterocycles. The zero-order valence-corrected chi connectivity index (χ0v) is 17.7. The van der Waals surface area contributed by atoms with Crippen molar-refractivity contribution in [2.45, 2.75) is 76.7 Å². The van der Waals surface area contributed by atoms with Crippen LogP contribution in [0.5, 0.6) is 0 Å². The topological polar surface area (TPSA) is 55.4 Å². The lowest BCUT2D eigenvalue weighted by molar-refractivity contribution is -0.145. The first-order valence-corrected chi connectivity index (χ1v) is 11.1. The van der Waals surface area contributed by atoms with E-state index in [1.165, 1.54) is 12.8 Å². The lowest BCUT2D eigenvalue weighted by Crippen LogP contribution is -2.35. The van der Waals surface area contributed by atoms with Gasteiger partial charge in [0.2, 0.25) is 0 Å². The van der Waals surface area contributed by atoms with Crippen molar-refractivity contribution in [1.29, 1.82) is 0 Å². The van der Waals surface area contributed by atoms with Crippen LogP contribution in [0.1, 0.15) is 76.2 Å². The molecule has 0 spiro atoms. The second-order valence-electron chi connectivity index (χ2n) is 8.34. The highest BCUT2D eigenvalue weighted by Gasteiger charge is 2.39. The van der Waals surface area contributed by atoms with E-state index in [1.807, 2.05) is 31.2 Å². The molecular weight excluding hydrogens is 386 g/mol. The van der Waals surface area contributed by atoms with Gasteiger partial charge in [0.25, 0.3) is 0 Å². The Morgan fingerprint density at radius 2 is 1.72 bits per heavy atom. The van der Waals surface area contributed by atoms with Gasteiger partial charge in [0.15, 0.2) is 5.78 Å². The molecular formula is C24H28ClNO3. The first-order valence-electron chi connectivity index (χ1n) is 10.7. The maximum absolute atomic E-state index is 13.3. The van der Waals surface area contributed by atoms with Gasteiger partial charge < -0.3 is 10.1 Å². The quantitative estimate of drug-likeness (QED) is 0.519. The Hall–Kier alpha value is -2.07. The minimum Gasteiger partial charge on any atom is -0.459 e. The third-order valence-corrected chi connectivity index (χ3v) is 6.53. The van der Waals surface area contributed by atoms with E-state index in [-0.39, 0.29) is 17.9 Å². The first-order chi connectivity index (χ1) is 14.0. The molecule has 1 N–H and O–H groups in total. The van der Waals surface area contributed by atoms with Crippen molar-refractivity contribution in [1.82, 2.24) is 5.32 Å². The van der Waals surface area contributed by atoms with Crippen LogP contribution in [-0.4, -0.2) is 17.9 Å². The number of hydrogen-bond acceptors (Lipinski definition) is 4. The summed E-state index contributed by atoms with van der Waals surface area (Å²) in [4.78, 5) is 26.2. The zero-order chi connectivity index (χ0) is 20.4. The van der Waals surface area contributed by atoms with Gasteiger partial charge in [-0.15, -0.1) is 0 Å². The van der Waals surface area contributed by atoms with Crippen LogP contribution in [0.3, 0.4) is 0 Å². The number of Topliss-reactive ketones (excluding diaryl/α,β-unsaturated/α-hetero) is 1. The molecule has 1 aromatic rings. The summed E-state index contributed by atoms with van der Waals surface area (Å²) in [6, 6.07) is 7.46. The van der Waals surface area contributed by atoms with Gasteiger partial charge in [-0.3, -0.25) is 4.79 Å². The lowest BCUT2D eigenvalue weighted by atomic mass is 9.75. The van der Waals surface area contributed by atoms with Crippen molar-refractivity contribution < 1.29 is 14.3 Å². The van der Waals surface area contributed by atoms with Gasteiger partial charge in [-0.2, -0.15) is 0 Å². The predicted octanol–water partition coefficient (Wildman–Crippen LogP) is 5.57. The maximum atomic E-state index is 13.3. The van der Waals surface area contributed by atoms with E-state index in [4.69, 9.17) is 16.3 Å². The minimum atomic E-state index is -0.394. The minimum absolute atomic E-state index is 0.0337. The van der Waals surface area contributed by atoms with Crippen LogP contribution >= 0.6 is 11.6 Å². The van der Waals surface area contributed by atoms with E-state index >= 15 is 0 Å². The van der Waals surface area contributed by atoms with Crippen LogP contribution in [0.25, 0.3) is 0 Å². The summed E-state index contributed by atoms with van der Waals surface area (Å²) in [5.74, 6) is -0.577. The maximum Gasteiger partial charge on any atom is 0.337 e. The van der Waals surface area contributed by atoms with Gasteiger partial charge in [-0.05, 0) is 63.1 Å². The molecule has 2 aliphatic carbocycles. The van der Waals surface area contributed by atoms with Gasteiger partial charge >= 0.3 is 5.97 Å². The fraction of sp³-hybridized carbons (Fsp3) is 0.500. The highest BCUT2D eigenvalue weighted by Crippen LogP contribution is 2.43. The molecule has 1 atom stereocenters. The molecule has 4 nitrogen and oxygen atoms in total. The van der Waals surface area contributed by atoms with E-state index in [0.29, 0.717) is 17.0 Å². The standard InChI is InChI=1S/C24H28ClNO3/c1-15-21(24(28)29-18-7-4-2-3-5-8-18)22(16-11-13-17(25)14-12-16)23-19(26-15)9-6-10-20(23)27/h11-14,18,22,26H,2-10H2,1H3/t22-/m1/s1. The van der Waals surface area contributed by atoms with Crippen molar-refractivity contribution in [3.05, 3.63) is 57.4 Å². The fourth-order valence-electron chi connectivity index (χ4n) is 4.82. The third-order valence-electron chi connectivity index (χ3n) is 6.28. The molecule has 0 amide bonds. The van der Waals surface area contributed by atoms with Crippen LogP contribution in [0.4, 0.5) is 0 Å². The molecule has 154 valence electrons. The molecule has 1 fully saturated rings. The molecule has 0 bridgehead atoms. The number of ether oxygens (including phenoxy) is 1. The lowest BCUT2D eigenvalue weighted by Gasteiger charge is -2.34. The normalized spacial score (nSPS) is 23.4. The smallest absolute Gasteiger partial charge is 0.337 e. The summed E-state index contributed by atoms with van der Waals surface area (Å²) in [6.07, 6.45) is 8.60. The summed E-state index contributed by atoms with van der Waals surface area (Å²) in [6.45, 7) is 1.91. The molecule has 5 heteroatoms. The highest BCUT2D eigenvalue weighted by molar-refractivity contribution is 6.30. The van der Waals surface area contributed by atoms with Crippen molar-refractivity contribution in [3.63, 3.8) is 0 Å². The Morgan fingerprint density at radius 1 is 1.03 bits per heavy atom. The number of halogens is 1. The van der Waals surface area contributed by atoms with Gasteiger partial charge in [-0.25, -0.2) is 4.79 Å². The van der Waals surface area contributed by atoms with Crippen LogP contribution in [0.15, 0.2) is 46.8 Å². The van der Waals surface area contributed by atoms with Crippen molar-refractivity contribution in [2.75, 3.05) is 0 Å². The van der Waals surface area contributed by atoms with Crippen LogP contribution in [-0.2, 0) is 14.3 Å². The summed E-state index contributed by atoms with van der Waals surface area (Å²) in [7, 11) is 0. The molecule has 1 aliphatic heterocycles. The van der Waals surface area contributed by atoms with Crippen LogP contribution in [0.2, 0.25) is 5.02 Å². The van der Waals surface area contributed by atoms with Crippen LogP contribution in [0, 0.1) is 0 Å². The Bertz CT molecular complexity index is 861. The van der Waals surface area contributed by atoms with Gasteiger partial charge in [-0.1, -0.05) is 36.6 Å². The molecule has 1 aromatic carbocycles. The second-order valence-corrected chi connectivity index (χ2v) is 8.77. The summed E-state index contributed by atoms with van der Waals surface area (Å²) < 4.78 is 5.97. The largest absolute Gasteiger partial charge is 0.459 e. The number of hydrogen-bond donors (Lipinski definition) is 1. The van der Waals surface area contributed by atoms with E-state index in [0.717, 1.165) is 61.1 Å². The summed E-state index contributed by atoms with van der Waals surface area (Å²) in [5, 5.41) is 3.99. The third kappa shape index (κ3) is 4.28. The Labute approximate surface area is 177 Å². The molecule has 4 rings (SSSR count). The monoisotopic (exact) mass is 413 g/mol. The number of esters is 1. The second kappa shape index (κ2) is 8.74. The first kappa shape index (κ1) is 20.2. The molecule has 0 radical (unpaired) electrons. The number of dihydropyridines is 1. The van der Waals surface area contributed by atoms with Gasteiger partial charge in [0, 0.05) is 34.3 Å². The SMILES string of the molecule is CC1=C(C(=O)OC2CCCCCC2)[C@@H](c2ccc(Cl)cc2)C2=C(CCCC2=O)N1. The van der Waals surface area contributed by atoms with E-state index in [1.54, 1.807) is 0 Å². The van der Waals surface area contributed by atoms with Crippen molar-refractivity contribution >= 4 is 23.4 Å². The number of carbonyl (C=O) groups excluding carboxylic acids is 2. The number of ketones is 1. The Balaban J connectivity index is 1.70.